The summed E-state index contributed by atoms with van der Waals surface area (Å²) in [6.45, 7) is 4.10. The van der Waals surface area contributed by atoms with E-state index < -0.39 is 0 Å². The third-order valence-electron chi connectivity index (χ3n) is 4.04. The van der Waals surface area contributed by atoms with Crippen LogP contribution in [0.5, 0.6) is 0 Å². The highest BCUT2D eigenvalue weighted by Crippen LogP contribution is 2.39. The van der Waals surface area contributed by atoms with Crippen molar-refractivity contribution in [3.05, 3.63) is 44.7 Å². The minimum absolute atomic E-state index is 0.168. The standard InChI is InChI=1S/C19H18BrN5OS/c1-9(2)7-12-13(8-21)17(23)25-19-14(12)15(22)16(27-19)18(26)24-11-5-3-10(20)4-6-11/h3-6,9H,7,22H2,1-2H3,(H2,23,25)(H,24,26). The van der Waals surface area contributed by atoms with Gasteiger partial charge in [0.05, 0.1) is 11.3 Å². The third kappa shape index (κ3) is 3.75. The van der Waals surface area contributed by atoms with E-state index in [-0.39, 0.29) is 11.7 Å². The fourth-order valence-electron chi connectivity index (χ4n) is 2.87. The van der Waals surface area contributed by atoms with Crippen molar-refractivity contribution in [3.63, 3.8) is 0 Å². The molecule has 0 atom stereocenters. The molecule has 0 aliphatic rings. The Morgan fingerprint density at radius 1 is 1.33 bits per heavy atom. The van der Waals surface area contributed by atoms with Gasteiger partial charge in [-0.25, -0.2) is 4.98 Å². The van der Waals surface area contributed by atoms with Gasteiger partial charge in [0.1, 0.15) is 21.6 Å². The molecule has 1 aromatic carbocycles. The highest BCUT2D eigenvalue weighted by Gasteiger charge is 2.23. The van der Waals surface area contributed by atoms with Gasteiger partial charge in [0, 0.05) is 15.5 Å². The summed E-state index contributed by atoms with van der Waals surface area (Å²) >= 11 is 4.54. The lowest BCUT2D eigenvalue weighted by Gasteiger charge is -2.11. The third-order valence-corrected chi connectivity index (χ3v) is 5.67. The number of fused-ring (bicyclic) bond motifs is 1. The molecule has 0 saturated carbocycles. The number of rotatable bonds is 4. The average molecular weight is 444 g/mol. The summed E-state index contributed by atoms with van der Waals surface area (Å²) in [7, 11) is 0. The fourth-order valence-corrected chi connectivity index (χ4v) is 4.17. The number of nitrogen functional groups attached to an aromatic ring is 2. The summed E-state index contributed by atoms with van der Waals surface area (Å²) in [5.74, 6) is 0.147. The lowest BCUT2D eigenvalue weighted by molar-refractivity contribution is 0.103. The summed E-state index contributed by atoms with van der Waals surface area (Å²) < 4.78 is 0.920. The molecule has 8 heteroatoms. The second-order valence-corrected chi connectivity index (χ2v) is 8.46. The average Bonchev–Trinajstić information content (AvgIpc) is 2.93. The zero-order chi connectivity index (χ0) is 19.7. The molecule has 0 aliphatic carbocycles. The summed E-state index contributed by atoms with van der Waals surface area (Å²) in [4.78, 5) is 18.0. The molecule has 0 bridgehead atoms. The molecule has 0 unspecified atom stereocenters. The number of pyridine rings is 1. The minimum atomic E-state index is -0.314. The Balaban J connectivity index is 2.10. The van der Waals surface area contributed by atoms with E-state index in [4.69, 9.17) is 11.5 Å². The Kier molecular flexibility index (Phi) is 5.35. The van der Waals surface area contributed by atoms with E-state index in [0.717, 1.165) is 10.0 Å². The maximum Gasteiger partial charge on any atom is 0.267 e. The number of nitriles is 1. The normalized spacial score (nSPS) is 10.9. The van der Waals surface area contributed by atoms with Crippen LogP contribution in [0.3, 0.4) is 0 Å². The Hall–Kier alpha value is -2.63. The van der Waals surface area contributed by atoms with Crippen LogP contribution < -0.4 is 16.8 Å². The molecule has 5 N–H and O–H groups in total. The van der Waals surface area contributed by atoms with E-state index in [1.165, 1.54) is 11.3 Å². The number of nitrogens with zero attached hydrogens (tertiary/aromatic N) is 2. The number of hydrogen-bond donors (Lipinski definition) is 3. The number of nitrogens with one attached hydrogen (secondary N) is 1. The lowest BCUT2D eigenvalue weighted by Crippen LogP contribution is -2.12. The second kappa shape index (κ2) is 7.55. The fraction of sp³-hybridized carbons (Fsp3) is 0.211. The van der Waals surface area contributed by atoms with Crippen LogP contribution in [-0.4, -0.2) is 10.9 Å². The molecule has 3 aromatic rings. The number of thiophene rings is 1. The lowest BCUT2D eigenvalue weighted by atomic mass is 9.96. The predicted molar refractivity (Wildman–Crippen MR) is 114 cm³/mol. The van der Waals surface area contributed by atoms with Gasteiger partial charge in [-0.15, -0.1) is 11.3 Å². The summed E-state index contributed by atoms with van der Waals surface area (Å²) in [6.07, 6.45) is 0.626. The zero-order valence-corrected chi connectivity index (χ0v) is 17.2. The van der Waals surface area contributed by atoms with E-state index in [9.17, 15) is 10.1 Å². The van der Waals surface area contributed by atoms with E-state index in [1.54, 1.807) is 12.1 Å². The maximum atomic E-state index is 12.7. The molecule has 2 aromatic heterocycles. The zero-order valence-electron chi connectivity index (χ0n) is 14.8. The van der Waals surface area contributed by atoms with Crippen LogP contribution in [0, 0.1) is 17.2 Å². The number of anilines is 3. The topological polar surface area (TPSA) is 118 Å². The SMILES string of the molecule is CC(C)Cc1c(C#N)c(N)nc2sc(C(=O)Nc3ccc(Br)cc3)c(N)c12. The van der Waals surface area contributed by atoms with E-state index in [1.807, 2.05) is 26.0 Å². The summed E-state index contributed by atoms with van der Waals surface area (Å²) in [6, 6.07) is 9.39. The van der Waals surface area contributed by atoms with Crippen molar-refractivity contribution in [3.8, 4) is 6.07 Å². The Morgan fingerprint density at radius 2 is 2.00 bits per heavy atom. The van der Waals surface area contributed by atoms with Crippen LogP contribution in [0.15, 0.2) is 28.7 Å². The maximum absolute atomic E-state index is 12.7. The van der Waals surface area contributed by atoms with Crippen molar-refractivity contribution >= 4 is 60.6 Å². The Bertz CT molecular complexity index is 1070. The van der Waals surface area contributed by atoms with E-state index in [0.29, 0.717) is 44.4 Å². The van der Waals surface area contributed by atoms with Crippen LogP contribution in [0.1, 0.15) is 34.6 Å². The molecule has 138 valence electrons. The quantitative estimate of drug-likeness (QED) is 0.546. The van der Waals surface area contributed by atoms with Crippen LogP contribution in [0.25, 0.3) is 10.2 Å². The molecule has 3 rings (SSSR count). The second-order valence-electron chi connectivity index (χ2n) is 6.55. The molecule has 6 nitrogen and oxygen atoms in total. The number of carbonyl (C=O) groups excluding carboxylic acids is 1. The van der Waals surface area contributed by atoms with Crippen molar-refractivity contribution in [2.24, 2.45) is 5.92 Å². The molecule has 0 fully saturated rings. The number of benzene rings is 1. The first-order valence-electron chi connectivity index (χ1n) is 8.29. The number of hydrogen-bond acceptors (Lipinski definition) is 6. The molecule has 0 saturated heterocycles. The van der Waals surface area contributed by atoms with Gasteiger partial charge in [-0.2, -0.15) is 5.26 Å². The van der Waals surface area contributed by atoms with Crippen LogP contribution in [0.2, 0.25) is 0 Å². The molecule has 27 heavy (non-hydrogen) atoms. The van der Waals surface area contributed by atoms with Gasteiger partial charge in [-0.05, 0) is 42.2 Å². The Labute approximate surface area is 169 Å². The van der Waals surface area contributed by atoms with Crippen LogP contribution >= 0.6 is 27.3 Å². The smallest absolute Gasteiger partial charge is 0.267 e. The molecule has 0 spiro atoms. The van der Waals surface area contributed by atoms with Crippen molar-refractivity contribution in [2.45, 2.75) is 20.3 Å². The van der Waals surface area contributed by atoms with E-state index >= 15 is 0 Å². The predicted octanol–water partition coefficient (Wildman–Crippen LogP) is 4.55. The van der Waals surface area contributed by atoms with Crippen molar-refractivity contribution in [1.29, 1.82) is 5.26 Å². The summed E-state index contributed by atoms with van der Waals surface area (Å²) in [5.41, 5.74) is 14.4. The molecular weight excluding hydrogens is 426 g/mol. The number of amides is 1. The van der Waals surface area contributed by atoms with E-state index in [2.05, 4.69) is 32.3 Å². The van der Waals surface area contributed by atoms with Gasteiger partial charge in [0.2, 0.25) is 0 Å². The van der Waals surface area contributed by atoms with Gasteiger partial charge >= 0.3 is 0 Å². The first-order valence-corrected chi connectivity index (χ1v) is 9.90. The number of nitrogens with two attached hydrogens (primary N) is 2. The Morgan fingerprint density at radius 3 is 2.59 bits per heavy atom. The number of carbonyl (C=O) groups is 1. The van der Waals surface area contributed by atoms with Gasteiger partial charge < -0.3 is 16.8 Å². The largest absolute Gasteiger partial charge is 0.397 e. The van der Waals surface area contributed by atoms with Gasteiger partial charge in [0.15, 0.2) is 0 Å². The first kappa shape index (κ1) is 19.1. The number of halogens is 1. The molecule has 0 aliphatic heterocycles. The van der Waals surface area contributed by atoms with Crippen molar-refractivity contribution in [1.82, 2.24) is 4.98 Å². The van der Waals surface area contributed by atoms with Gasteiger partial charge in [0.25, 0.3) is 5.91 Å². The molecular formula is C19H18BrN5OS. The highest BCUT2D eigenvalue weighted by molar-refractivity contribution is 9.10. The van der Waals surface area contributed by atoms with Crippen LogP contribution in [0.4, 0.5) is 17.2 Å². The van der Waals surface area contributed by atoms with Crippen molar-refractivity contribution in [2.75, 3.05) is 16.8 Å². The first-order chi connectivity index (χ1) is 12.8. The van der Waals surface area contributed by atoms with Crippen molar-refractivity contribution < 1.29 is 4.79 Å². The van der Waals surface area contributed by atoms with Gasteiger partial charge in [-0.1, -0.05) is 29.8 Å². The highest BCUT2D eigenvalue weighted by atomic mass is 79.9. The molecule has 0 radical (unpaired) electrons. The van der Waals surface area contributed by atoms with Crippen LogP contribution in [-0.2, 0) is 6.42 Å². The molecule has 1 amide bonds. The molecule has 2 heterocycles. The monoisotopic (exact) mass is 443 g/mol. The summed E-state index contributed by atoms with van der Waals surface area (Å²) in [5, 5.41) is 13.0. The number of aromatic nitrogens is 1. The minimum Gasteiger partial charge on any atom is -0.397 e. The van der Waals surface area contributed by atoms with Gasteiger partial charge in [-0.3, -0.25) is 4.79 Å².